The highest BCUT2D eigenvalue weighted by Gasteiger charge is 2.22. The van der Waals surface area contributed by atoms with Crippen LogP contribution in [0.15, 0.2) is 35.8 Å². The van der Waals surface area contributed by atoms with Crippen molar-refractivity contribution in [2.45, 2.75) is 26.2 Å². The molecule has 0 aliphatic rings. The standard InChI is InChI=1S/C15H17ClN2OS/c1-10(2)9-13(11-3-5-12(16)6-4-11)14(19)18-15-17-7-8-20-15/h3-8,10,13H,9H2,1-2H3,(H,17,18,19). The van der Waals surface area contributed by atoms with Crippen LogP contribution in [0.25, 0.3) is 0 Å². The summed E-state index contributed by atoms with van der Waals surface area (Å²) in [6, 6.07) is 7.47. The fourth-order valence-corrected chi connectivity index (χ4v) is 2.70. The van der Waals surface area contributed by atoms with Crippen LogP contribution in [0.3, 0.4) is 0 Å². The van der Waals surface area contributed by atoms with Gasteiger partial charge in [0.1, 0.15) is 0 Å². The number of benzene rings is 1. The second kappa shape index (κ2) is 6.86. The molecule has 1 unspecified atom stereocenters. The number of nitrogens with zero attached hydrogens (tertiary/aromatic N) is 1. The van der Waals surface area contributed by atoms with Gasteiger partial charge in [-0.25, -0.2) is 4.98 Å². The van der Waals surface area contributed by atoms with E-state index in [9.17, 15) is 4.79 Å². The molecule has 0 spiro atoms. The fourth-order valence-electron chi connectivity index (χ4n) is 2.04. The Morgan fingerprint density at radius 3 is 2.60 bits per heavy atom. The van der Waals surface area contributed by atoms with Gasteiger partial charge in [0.2, 0.25) is 5.91 Å². The average molecular weight is 309 g/mol. The molecular formula is C15H17ClN2OS. The highest BCUT2D eigenvalue weighted by Crippen LogP contribution is 2.27. The van der Waals surface area contributed by atoms with Crippen molar-refractivity contribution in [3.8, 4) is 0 Å². The highest BCUT2D eigenvalue weighted by molar-refractivity contribution is 7.13. The summed E-state index contributed by atoms with van der Waals surface area (Å²) in [5, 5.41) is 6.03. The lowest BCUT2D eigenvalue weighted by molar-refractivity contribution is -0.117. The van der Waals surface area contributed by atoms with Gasteiger partial charge in [-0.3, -0.25) is 4.79 Å². The van der Waals surface area contributed by atoms with Gasteiger partial charge in [-0.15, -0.1) is 11.3 Å². The van der Waals surface area contributed by atoms with Gasteiger partial charge in [0, 0.05) is 16.6 Å². The maximum atomic E-state index is 12.5. The lowest BCUT2D eigenvalue weighted by Crippen LogP contribution is -2.22. The molecule has 2 rings (SSSR count). The van der Waals surface area contributed by atoms with Crippen LogP contribution in [0, 0.1) is 5.92 Å². The topological polar surface area (TPSA) is 42.0 Å². The molecule has 0 radical (unpaired) electrons. The number of hydrogen-bond donors (Lipinski definition) is 1. The van der Waals surface area contributed by atoms with E-state index in [4.69, 9.17) is 11.6 Å². The Morgan fingerprint density at radius 2 is 2.05 bits per heavy atom. The number of nitrogens with one attached hydrogen (secondary N) is 1. The van der Waals surface area contributed by atoms with E-state index >= 15 is 0 Å². The molecule has 1 N–H and O–H groups in total. The number of halogens is 1. The van der Waals surface area contributed by atoms with Gasteiger partial charge in [0.15, 0.2) is 5.13 Å². The minimum absolute atomic E-state index is 0.0176. The number of thiazole rings is 1. The second-order valence-electron chi connectivity index (χ2n) is 5.06. The summed E-state index contributed by atoms with van der Waals surface area (Å²) in [6.07, 6.45) is 2.47. The lowest BCUT2D eigenvalue weighted by atomic mass is 9.89. The zero-order valence-electron chi connectivity index (χ0n) is 11.5. The first-order chi connectivity index (χ1) is 9.56. The zero-order valence-corrected chi connectivity index (χ0v) is 13.0. The number of carbonyl (C=O) groups excluding carboxylic acids is 1. The van der Waals surface area contributed by atoms with Crippen molar-refractivity contribution in [2.75, 3.05) is 5.32 Å². The third-order valence-corrected chi connectivity index (χ3v) is 3.90. The number of rotatable bonds is 5. The Kier molecular flexibility index (Phi) is 5.15. The predicted molar refractivity (Wildman–Crippen MR) is 84.4 cm³/mol. The molecule has 1 heterocycles. The molecule has 2 aromatic rings. The van der Waals surface area contributed by atoms with Gasteiger partial charge in [-0.2, -0.15) is 0 Å². The summed E-state index contributed by atoms with van der Waals surface area (Å²) in [4.78, 5) is 16.5. The molecule has 1 aromatic carbocycles. The van der Waals surface area contributed by atoms with E-state index < -0.39 is 0 Å². The lowest BCUT2D eigenvalue weighted by Gasteiger charge is -2.18. The van der Waals surface area contributed by atoms with Crippen molar-refractivity contribution in [3.63, 3.8) is 0 Å². The average Bonchev–Trinajstić information content (AvgIpc) is 2.89. The minimum atomic E-state index is -0.184. The molecule has 1 atom stereocenters. The fraction of sp³-hybridized carbons (Fsp3) is 0.333. The first-order valence-electron chi connectivity index (χ1n) is 6.52. The maximum Gasteiger partial charge on any atom is 0.233 e. The summed E-state index contributed by atoms with van der Waals surface area (Å²) in [7, 11) is 0. The Morgan fingerprint density at radius 1 is 1.35 bits per heavy atom. The van der Waals surface area contributed by atoms with Gasteiger partial charge in [-0.1, -0.05) is 37.6 Å². The molecule has 0 saturated heterocycles. The van der Waals surface area contributed by atoms with Crippen LogP contribution in [-0.2, 0) is 4.79 Å². The van der Waals surface area contributed by atoms with Crippen LogP contribution in [0.5, 0.6) is 0 Å². The summed E-state index contributed by atoms with van der Waals surface area (Å²) in [6.45, 7) is 4.22. The summed E-state index contributed by atoms with van der Waals surface area (Å²) in [5.41, 5.74) is 0.983. The number of carbonyl (C=O) groups is 1. The van der Waals surface area contributed by atoms with E-state index in [1.807, 2.05) is 29.6 Å². The third-order valence-electron chi connectivity index (χ3n) is 2.96. The maximum absolute atomic E-state index is 12.5. The Hall–Kier alpha value is -1.39. The number of anilines is 1. The van der Waals surface area contributed by atoms with Gasteiger partial charge in [0.25, 0.3) is 0 Å². The van der Waals surface area contributed by atoms with Crippen molar-refractivity contribution >= 4 is 34.0 Å². The van der Waals surface area contributed by atoms with Gasteiger partial charge >= 0.3 is 0 Å². The smallest absolute Gasteiger partial charge is 0.233 e. The third kappa shape index (κ3) is 4.05. The predicted octanol–water partition coefficient (Wildman–Crippen LogP) is 4.56. The molecule has 0 saturated carbocycles. The Labute approximate surface area is 128 Å². The van der Waals surface area contributed by atoms with Crippen LogP contribution < -0.4 is 5.32 Å². The van der Waals surface area contributed by atoms with Crippen LogP contribution in [0.4, 0.5) is 5.13 Å². The summed E-state index contributed by atoms with van der Waals surface area (Å²) >= 11 is 7.33. The normalized spacial score (nSPS) is 12.4. The first-order valence-corrected chi connectivity index (χ1v) is 7.78. The molecule has 1 amide bonds. The molecule has 5 heteroatoms. The largest absolute Gasteiger partial charge is 0.301 e. The molecule has 20 heavy (non-hydrogen) atoms. The van der Waals surface area contributed by atoms with Crippen LogP contribution >= 0.6 is 22.9 Å². The zero-order chi connectivity index (χ0) is 14.5. The van der Waals surface area contributed by atoms with Crippen molar-refractivity contribution < 1.29 is 4.79 Å². The van der Waals surface area contributed by atoms with Crippen molar-refractivity contribution in [3.05, 3.63) is 46.4 Å². The molecule has 106 valence electrons. The second-order valence-corrected chi connectivity index (χ2v) is 6.39. The number of amides is 1. The quantitative estimate of drug-likeness (QED) is 0.879. The van der Waals surface area contributed by atoms with E-state index in [2.05, 4.69) is 24.1 Å². The SMILES string of the molecule is CC(C)CC(C(=O)Nc1nccs1)c1ccc(Cl)cc1. The van der Waals surface area contributed by atoms with Crippen molar-refractivity contribution in [2.24, 2.45) is 5.92 Å². The monoisotopic (exact) mass is 308 g/mol. The van der Waals surface area contributed by atoms with Crippen LogP contribution in [-0.4, -0.2) is 10.9 Å². The minimum Gasteiger partial charge on any atom is -0.301 e. The van der Waals surface area contributed by atoms with Crippen LogP contribution in [0.1, 0.15) is 31.7 Å². The van der Waals surface area contributed by atoms with Crippen molar-refractivity contribution in [1.29, 1.82) is 0 Å². The molecule has 3 nitrogen and oxygen atoms in total. The molecule has 0 aliphatic carbocycles. The van der Waals surface area contributed by atoms with E-state index in [0.717, 1.165) is 12.0 Å². The highest BCUT2D eigenvalue weighted by atomic mass is 35.5. The molecule has 0 fully saturated rings. The molecule has 1 aromatic heterocycles. The number of hydrogen-bond acceptors (Lipinski definition) is 3. The molecule has 0 aliphatic heterocycles. The van der Waals surface area contributed by atoms with E-state index in [1.165, 1.54) is 11.3 Å². The Balaban J connectivity index is 2.18. The van der Waals surface area contributed by atoms with E-state index in [-0.39, 0.29) is 11.8 Å². The number of aromatic nitrogens is 1. The van der Waals surface area contributed by atoms with Gasteiger partial charge in [-0.05, 0) is 30.0 Å². The van der Waals surface area contributed by atoms with Gasteiger partial charge < -0.3 is 5.32 Å². The van der Waals surface area contributed by atoms with Crippen LogP contribution in [0.2, 0.25) is 5.02 Å². The van der Waals surface area contributed by atoms with E-state index in [1.54, 1.807) is 6.20 Å². The van der Waals surface area contributed by atoms with Crippen molar-refractivity contribution in [1.82, 2.24) is 4.98 Å². The Bertz CT molecular complexity index is 552. The van der Waals surface area contributed by atoms with E-state index in [0.29, 0.717) is 16.1 Å². The van der Waals surface area contributed by atoms with Gasteiger partial charge in [0.05, 0.1) is 5.92 Å². The summed E-state index contributed by atoms with van der Waals surface area (Å²) in [5.74, 6) is 0.227. The first kappa shape index (κ1) is 15.0. The molecule has 0 bridgehead atoms. The molecular weight excluding hydrogens is 292 g/mol. The summed E-state index contributed by atoms with van der Waals surface area (Å²) < 4.78 is 0.